The Bertz CT molecular complexity index is 783. The zero-order valence-corrected chi connectivity index (χ0v) is 17.0. The van der Waals surface area contributed by atoms with Gasteiger partial charge in [0.1, 0.15) is 17.7 Å². The molecule has 1 aliphatic rings. The van der Waals surface area contributed by atoms with Crippen LogP contribution in [0.2, 0.25) is 0 Å². The Morgan fingerprint density at radius 2 is 2.04 bits per heavy atom. The molecular weight excluding hydrogens is 352 g/mol. The topological polar surface area (TPSA) is 78.6 Å². The minimum Gasteiger partial charge on any atom is -0.384 e. The van der Waals surface area contributed by atoms with Crippen molar-refractivity contribution < 1.29 is 4.79 Å². The molecule has 3 rings (SSSR count). The SMILES string of the molecule is CCN(C)[C@@H](C(=O)N1CC[C@@H](N(C)Cc2nccc(N)n2)C1)c1ccccc1. The lowest BCUT2D eigenvalue weighted by Gasteiger charge is -2.31. The predicted molar refractivity (Wildman–Crippen MR) is 110 cm³/mol. The fraction of sp³-hybridized carbons (Fsp3) is 0.476. The Labute approximate surface area is 167 Å². The van der Waals surface area contributed by atoms with Gasteiger partial charge in [0.05, 0.1) is 6.54 Å². The minimum absolute atomic E-state index is 0.173. The third kappa shape index (κ3) is 4.66. The number of rotatable bonds is 7. The number of likely N-dealkylation sites (N-methyl/N-ethyl adjacent to an activating group) is 2. The van der Waals surface area contributed by atoms with E-state index in [4.69, 9.17) is 5.73 Å². The third-order valence-electron chi connectivity index (χ3n) is 5.51. The largest absolute Gasteiger partial charge is 0.384 e. The van der Waals surface area contributed by atoms with E-state index in [1.54, 1.807) is 12.3 Å². The van der Waals surface area contributed by atoms with Crippen molar-refractivity contribution in [1.29, 1.82) is 0 Å². The molecule has 2 heterocycles. The lowest BCUT2D eigenvalue weighted by atomic mass is 10.0. The molecule has 0 unspecified atom stereocenters. The zero-order chi connectivity index (χ0) is 20.1. The van der Waals surface area contributed by atoms with Crippen LogP contribution >= 0.6 is 0 Å². The van der Waals surface area contributed by atoms with Crippen molar-refractivity contribution >= 4 is 11.7 Å². The fourth-order valence-corrected chi connectivity index (χ4v) is 3.72. The number of carbonyl (C=O) groups excluding carboxylic acids is 1. The van der Waals surface area contributed by atoms with Crippen molar-refractivity contribution in [1.82, 2.24) is 24.7 Å². The van der Waals surface area contributed by atoms with Crippen LogP contribution in [0.4, 0.5) is 5.82 Å². The monoisotopic (exact) mass is 382 g/mol. The van der Waals surface area contributed by atoms with E-state index in [9.17, 15) is 4.79 Å². The van der Waals surface area contributed by atoms with Crippen molar-refractivity contribution in [3.05, 3.63) is 54.0 Å². The summed E-state index contributed by atoms with van der Waals surface area (Å²) >= 11 is 0. The highest BCUT2D eigenvalue weighted by molar-refractivity contribution is 5.83. The highest BCUT2D eigenvalue weighted by atomic mass is 16.2. The molecule has 1 amide bonds. The number of aromatic nitrogens is 2. The van der Waals surface area contributed by atoms with Crippen LogP contribution in [0.3, 0.4) is 0 Å². The second-order valence-electron chi connectivity index (χ2n) is 7.43. The molecule has 0 spiro atoms. The van der Waals surface area contributed by atoms with Gasteiger partial charge in [-0.1, -0.05) is 37.3 Å². The van der Waals surface area contributed by atoms with Crippen LogP contribution in [0.1, 0.15) is 30.8 Å². The Balaban J connectivity index is 1.66. The van der Waals surface area contributed by atoms with Crippen LogP contribution in [0.5, 0.6) is 0 Å². The van der Waals surface area contributed by atoms with Gasteiger partial charge in [-0.2, -0.15) is 0 Å². The zero-order valence-electron chi connectivity index (χ0n) is 17.0. The number of likely N-dealkylation sites (tertiary alicyclic amines) is 1. The Morgan fingerprint density at radius 3 is 2.71 bits per heavy atom. The van der Waals surface area contributed by atoms with E-state index in [1.807, 2.05) is 42.3 Å². The molecule has 2 N–H and O–H groups in total. The minimum atomic E-state index is -0.243. The smallest absolute Gasteiger partial charge is 0.244 e. The van der Waals surface area contributed by atoms with Crippen molar-refractivity contribution in [3.63, 3.8) is 0 Å². The number of nitrogens with two attached hydrogens (primary N) is 1. The van der Waals surface area contributed by atoms with E-state index < -0.39 is 0 Å². The van der Waals surface area contributed by atoms with Gasteiger partial charge < -0.3 is 10.6 Å². The molecular formula is C21H30N6O. The van der Waals surface area contributed by atoms with Gasteiger partial charge in [0.25, 0.3) is 0 Å². The Hall–Kier alpha value is -2.51. The predicted octanol–water partition coefficient (Wildman–Crippen LogP) is 1.78. The molecule has 7 heteroatoms. The van der Waals surface area contributed by atoms with Crippen LogP contribution in [0.15, 0.2) is 42.6 Å². The van der Waals surface area contributed by atoms with E-state index in [1.165, 1.54) is 0 Å². The van der Waals surface area contributed by atoms with E-state index in [0.29, 0.717) is 18.2 Å². The second-order valence-corrected chi connectivity index (χ2v) is 7.43. The molecule has 1 aliphatic heterocycles. The van der Waals surface area contributed by atoms with Gasteiger partial charge in [-0.05, 0) is 38.7 Å². The summed E-state index contributed by atoms with van der Waals surface area (Å²) in [6, 6.07) is 11.8. The van der Waals surface area contributed by atoms with Crippen molar-refractivity contribution in [2.24, 2.45) is 0 Å². The lowest BCUT2D eigenvalue weighted by molar-refractivity contribution is -0.135. The molecule has 1 fully saturated rings. The summed E-state index contributed by atoms with van der Waals surface area (Å²) in [6.07, 6.45) is 2.63. The maximum absolute atomic E-state index is 13.3. The molecule has 0 aliphatic carbocycles. The molecule has 28 heavy (non-hydrogen) atoms. The summed E-state index contributed by atoms with van der Waals surface area (Å²) in [5, 5.41) is 0. The molecule has 1 aromatic carbocycles. The van der Waals surface area contributed by atoms with Crippen LogP contribution in [0, 0.1) is 0 Å². The van der Waals surface area contributed by atoms with Gasteiger partial charge in [-0.3, -0.25) is 14.6 Å². The number of hydrogen-bond donors (Lipinski definition) is 1. The van der Waals surface area contributed by atoms with Gasteiger partial charge in [0.15, 0.2) is 0 Å². The number of anilines is 1. The first-order valence-electron chi connectivity index (χ1n) is 9.81. The average Bonchev–Trinajstić information content (AvgIpc) is 3.19. The summed E-state index contributed by atoms with van der Waals surface area (Å²) in [4.78, 5) is 28.2. The standard InChI is InChI=1S/C21H30N6O/c1-4-25(2)20(16-8-6-5-7-9-16)21(28)27-13-11-17(14-27)26(3)15-19-23-12-10-18(22)24-19/h5-10,12,17,20H,4,11,13-15H2,1-3H3,(H2,22,23,24)/t17-,20-/m1/s1. The van der Waals surface area contributed by atoms with Gasteiger partial charge >= 0.3 is 0 Å². The van der Waals surface area contributed by atoms with E-state index >= 15 is 0 Å². The Kier molecular flexibility index (Phi) is 6.59. The summed E-state index contributed by atoms with van der Waals surface area (Å²) in [5.74, 6) is 1.36. The molecule has 0 saturated carbocycles. The van der Waals surface area contributed by atoms with E-state index in [0.717, 1.165) is 31.6 Å². The normalized spacial score (nSPS) is 18.0. The number of carbonyl (C=O) groups is 1. The molecule has 0 bridgehead atoms. The van der Waals surface area contributed by atoms with E-state index in [2.05, 4.69) is 33.7 Å². The molecule has 0 radical (unpaired) electrons. The van der Waals surface area contributed by atoms with Gasteiger partial charge in [-0.25, -0.2) is 9.97 Å². The first-order chi connectivity index (χ1) is 13.5. The van der Waals surface area contributed by atoms with Crippen molar-refractivity contribution in [3.8, 4) is 0 Å². The molecule has 150 valence electrons. The molecule has 1 aromatic heterocycles. The first kappa shape index (κ1) is 20.2. The van der Waals surface area contributed by atoms with Crippen LogP contribution in [0.25, 0.3) is 0 Å². The number of amides is 1. The van der Waals surface area contributed by atoms with Crippen molar-refractivity contribution in [2.45, 2.75) is 32.0 Å². The molecule has 2 atom stereocenters. The van der Waals surface area contributed by atoms with E-state index in [-0.39, 0.29) is 18.0 Å². The Morgan fingerprint density at radius 1 is 1.29 bits per heavy atom. The number of nitrogen functional groups attached to an aromatic ring is 1. The van der Waals surface area contributed by atoms with Gasteiger partial charge in [-0.15, -0.1) is 0 Å². The summed E-state index contributed by atoms with van der Waals surface area (Å²) in [5.41, 5.74) is 6.80. The highest BCUT2D eigenvalue weighted by Crippen LogP contribution is 2.25. The highest BCUT2D eigenvalue weighted by Gasteiger charge is 2.34. The lowest BCUT2D eigenvalue weighted by Crippen LogP contribution is -2.42. The maximum Gasteiger partial charge on any atom is 0.244 e. The van der Waals surface area contributed by atoms with Gasteiger partial charge in [0, 0.05) is 25.3 Å². The number of hydrogen-bond acceptors (Lipinski definition) is 6. The average molecular weight is 383 g/mol. The van der Waals surface area contributed by atoms with Crippen LogP contribution < -0.4 is 5.73 Å². The molecule has 1 saturated heterocycles. The summed E-state index contributed by atoms with van der Waals surface area (Å²) in [6.45, 7) is 5.00. The molecule has 7 nitrogen and oxygen atoms in total. The number of benzene rings is 1. The molecule has 2 aromatic rings. The van der Waals surface area contributed by atoms with Crippen LogP contribution in [-0.2, 0) is 11.3 Å². The fourth-order valence-electron chi connectivity index (χ4n) is 3.72. The quantitative estimate of drug-likeness (QED) is 0.787. The van der Waals surface area contributed by atoms with Crippen molar-refractivity contribution in [2.75, 3.05) is 39.5 Å². The maximum atomic E-state index is 13.3. The van der Waals surface area contributed by atoms with Crippen LogP contribution in [-0.4, -0.2) is 70.3 Å². The van der Waals surface area contributed by atoms with Gasteiger partial charge in [0.2, 0.25) is 5.91 Å². The second kappa shape index (κ2) is 9.12. The number of nitrogens with zero attached hydrogens (tertiary/aromatic N) is 5. The third-order valence-corrected chi connectivity index (χ3v) is 5.51. The summed E-state index contributed by atoms with van der Waals surface area (Å²) < 4.78 is 0. The first-order valence-corrected chi connectivity index (χ1v) is 9.81. The summed E-state index contributed by atoms with van der Waals surface area (Å²) in [7, 11) is 4.06.